The van der Waals surface area contributed by atoms with Gasteiger partial charge in [-0.2, -0.15) is 0 Å². The first-order chi connectivity index (χ1) is 11.1. The summed E-state index contributed by atoms with van der Waals surface area (Å²) in [5.74, 6) is 1.26. The largest absolute Gasteiger partial charge is 0.504 e. The molecule has 0 aliphatic carbocycles. The Kier molecular flexibility index (Phi) is 4.30. The van der Waals surface area contributed by atoms with E-state index in [2.05, 4.69) is 5.32 Å². The van der Waals surface area contributed by atoms with E-state index < -0.39 is 0 Å². The van der Waals surface area contributed by atoms with Gasteiger partial charge in [0.15, 0.2) is 23.0 Å². The second-order valence-electron chi connectivity index (χ2n) is 5.69. The molecule has 1 aliphatic heterocycles. The summed E-state index contributed by atoms with van der Waals surface area (Å²) in [4.78, 5) is 0. The Morgan fingerprint density at radius 3 is 2.48 bits per heavy atom. The molecule has 3 N–H and O–H groups in total. The maximum absolute atomic E-state index is 10.1. The lowest BCUT2D eigenvalue weighted by atomic mass is 9.90. The predicted octanol–water partition coefficient (Wildman–Crippen LogP) is 2.54. The Morgan fingerprint density at radius 1 is 1.04 bits per heavy atom. The number of fused-ring (bicyclic) bond motifs is 1. The molecule has 0 saturated carbocycles. The van der Waals surface area contributed by atoms with Crippen LogP contribution in [-0.2, 0) is 12.8 Å². The van der Waals surface area contributed by atoms with E-state index in [-0.39, 0.29) is 17.5 Å². The van der Waals surface area contributed by atoms with E-state index in [9.17, 15) is 10.2 Å². The molecule has 1 aliphatic rings. The maximum atomic E-state index is 10.1. The highest BCUT2D eigenvalue weighted by Gasteiger charge is 2.22. The molecule has 2 aromatic rings. The molecular weight excluding hydrogens is 294 g/mol. The van der Waals surface area contributed by atoms with Gasteiger partial charge >= 0.3 is 0 Å². The van der Waals surface area contributed by atoms with E-state index in [0.29, 0.717) is 11.5 Å². The molecule has 0 fully saturated rings. The minimum atomic E-state index is 0.0864. The molecule has 0 saturated heterocycles. The van der Waals surface area contributed by atoms with Crippen LogP contribution in [0.3, 0.4) is 0 Å². The van der Waals surface area contributed by atoms with Crippen LogP contribution in [0.2, 0.25) is 0 Å². The number of phenolic OH excluding ortho intramolecular Hbond substituents is 2. The molecule has 0 unspecified atom stereocenters. The van der Waals surface area contributed by atoms with Crippen molar-refractivity contribution in [3.63, 3.8) is 0 Å². The van der Waals surface area contributed by atoms with Crippen LogP contribution in [0.25, 0.3) is 0 Å². The van der Waals surface area contributed by atoms with Crippen molar-refractivity contribution in [1.82, 2.24) is 5.32 Å². The van der Waals surface area contributed by atoms with Gasteiger partial charge in [-0.15, -0.1) is 0 Å². The number of hydrogen-bond donors (Lipinski definition) is 3. The Hall–Kier alpha value is -2.40. The van der Waals surface area contributed by atoms with Gasteiger partial charge in [-0.3, -0.25) is 0 Å². The molecule has 0 aromatic heterocycles. The number of aromatic hydroxyl groups is 2. The molecule has 0 bridgehead atoms. The highest BCUT2D eigenvalue weighted by atomic mass is 16.5. The Labute approximate surface area is 135 Å². The molecule has 122 valence electrons. The SMILES string of the molecule is COc1ccc(C[C@@H]2NCCc3cc(OC)c(O)cc32)cc1O. The van der Waals surface area contributed by atoms with E-state index in [1.807, 2.05) is 12.1 Å². The topological polar surface area (TPSA) is 71.0 Å². The first-order valence-corrected chi connectivity index (χ1v) is 7.61. The fraction of sp³-hybridized carbons (Fsp3) is 0.333. The zero-order valence-electron chi connectivity index (χ0n) is 13.3. The number of rotatable bonds is 4. The van der Waals surface area contributed by atoms with Crippen LogP contribution < -0.4 is 14.8 Å². The van der Waals surface area contributed by atoms with Crippen molar-refractivity contribution in [2.45, 2.75) is 18.9 Å². The van der Waals surface area contributed by atoms with Crippen LogP contribution in [-0.4, -0.2) is 31.0 Å². The van der Waals surface area contributed by atoms with E-state index in [1.165, 1.54) is 12.7 Å². The summed E-state index contributed by atoms with van der Waals surface area (Å²) < 4.78 is 10.3. The van der Waals surface area contributed by atoms with Crippen LogP contribution in [0.1, 0.15) is 22.7 Å². The summed E-state index contributed by atoms with van der Waals surface area (Å²) in [7, 11) is 3.09. The van der Waals surface area contributed by atoms with Crippen molar-refractivity contribution in [2.24, 2.45) is 0 Å². The lowest BCUT2D eigenvalue weighted by Crippen LogP contribution is -2.31. The van der Waals surface area contributed by atoms with E-state index in [0.717, 1.165) is 30.5 Å². The second kappa shape index (κ2) is 6.38. The minimum Gasteiger partial charge on any atom is -0.504 e. The van der Waals surface area contributed by atoms with Gasteiger partial charge in [0.1, 0.15) is 0 Å². The third-order valence-electron chi connectivity index (χ3n) is 4.28. The van der Waals surface area contributed by atoms with Crippen molar-refractivity contribution < 1.29 is 19.7 Å². The summed E-state index contributed by atoms with van der Waals surface area (Å²) >= 11 is 0. The monoisotopic (exact) mass is 315 g/mol. The van der Waals surface area contributed by atoms with Crippen molar-refractivity contribution >= 4 is 0 Å². The van der Waals surface area contributed by atoms with Gasteiger partial charge in [0.05, 0.1) is 14.2 Å². The van der Waals surface area contributed by atoms with E-state index in [1.54, 1.807) is 25.3 Å². The molecule has 23 heavy (non-hydrogen) atoms. The van der Waals surface area contributed by atoms with Crippen LogP contribution >= 0.6 is 0 Å². The molecule has 5 nitrogen and oxygen atoms in total. The van der Waals surface area contributed by atoms with Crippen molar-refractivity contribution in [1.29, 1.82) is 0 Å². The number of nitrogens with one attached hydrogen (secondary N) is 1. The van der Waals surface area contributed by atoms with Crippen LogP contribution in [0.15, 0.2) is 30.3 Å². The zero-order chi connectivity index (χ0) is 16.4. The van der Waals surface area contributed by atoms with Crippen molar-refractivity contribution in [2.75, 3.05) is 20.8 Å². The summed E-state index contributed by atoms with van der Waals surface area (Å²) in [6.45, 7) is 0.869. The smallest absolute Gasteiger partial charge is 0.160 e. The first kappa shape index (κ1) is 15.5. The normalized spacial score (nSPS) is 16.7. The minimum absolute atomic E-state index is 0.0864. The fourth-order valence-electron chi connectivity index (χ4n) is 3.10. The van der Waals surface area contributed by atoms with Gasteiger partial charge < -0.3 is 25.0 Å². The molecule has 5 heteroatoms. The number of phenols is 2. The van der Waals surface area contributed by atoms with Crippen molar-refractivity contribution in [3.05, 3.63) is 47.0 Å². The summed E-state index contributed by atoms with van der Waals surface area (Å²) in [5, 5.41) is 23.5. The van der Waals surface area contributed by atoms with E-state index in [4.69, 9.17) is 9.47 Å². The average molecular weight is 315 g/mol. The average Bonchev–Trinajstić information content (AvgIpc) is 2.55. The molecule has 0 radical (unpaired) electrons. The van der Waals surface area contributed by atoms with Gasteiger partial charge in [-0.05, 0) is 60.3 Å². The van der Waals surface area contributed by atoms with Crippen LogP contribution in [0.5, 0.6) is 23.0 Å². The Bertz CT molecular complexity index is 714. The Morgan fingerprint density at radius 2 is 1.78 bits per heavy atom. The van der Waals surface area contributed by atoms with Gasteiger partial charge in [-0.25, -0.2) is 0 Å². The summed E-state index contributed by atoms with van der Waals surface area (Å²) in [5.41, 5.74) is 3.26. The summed E-state index contributed by atoms with van der Waals surface area (Å²) in [6, 6.07) is 9.19. The highest BCUT2D eigenvalue weighted by molar-refractivity contribution is 5.49. The summed E-state index contributed by atoms with van der Waals surface area (Å²) in [6.07, 6.45) is 1.62. The molecule has 3 rings (SSSR count). The number of methoxy groups -OCH3 is 2. The predicted molar refractivity (Wildman–Crippen MR) is 87.5 cm³/mol. The van der Waals surface area contributed by atoms with Gasteiger partial charge in [0, 0.05) is 6.04 Å². The van der Waals surface area contributed by atoms with Gasteiger partial charge in [0.25, 0.3) is 0 Å². The molecule has 0 spiro atoms. The molecule has 1 heterocycles. The molecular formula is C18H21NO4. The second-order valence-corrected chi connectivity index (χ2v) is 5.69. The standard InChI is InChI=1S/C18H21NO4/c1-22-17-4-3-11(8-15(17)20)7-14-13-10-16(21)18(23-2)9-12(13)5-6-19-14/h3-4,8-10,14,19-21H,5-7H2,1-2H3/t14-/m0/s1. The first-order valence-electron chi connectivity index (χ1n) is 7.61. The highest BCUT2D eigenvalue weighted by Crippen LogP contribution is 2.36. The van der Waals surface area contributed by atoms with Crippen LogP contribution in [0.4, 0.5) is 0 Å². The molecule has 2 aromatic carbocycles. The van der Waals surface area contributed by atoms with Gasteiger partial charge in [0.2, 0.25) is 0 Å². The maximum Gasteiger partial charge on any atom is 0.160 e. The van der Waals surface area contributed by atoms with Crippen LogP contribution in [0, 0.1) is 0 Å². The van der Waals surface area contributed by atoms with Gasteiger partial charge in [-0.1, -0.05) is 6.07 Å². The molecule has 1 atom stereocenters. The fourth-order valence-corrected chi connectivity index (χ4v) is 3.10. The quantitative estimate of drug-likeness (QED) is 0.809. The number of ether oxygens (including phenoxy) is 2. The van der Waals surface area contributed by atoms with Crippen molar-refractivity contribution in [3.8, 4) is 23.0 Å². The number of hydrogen-bond acceptors (Lipinski definition) is 5. The third-order valence-corrected chi connectivity index (χ3v) is 4.28. The zero-order valence-corrected chi connectivity index (χ0v) is 13.3. The van der Waals surface area contributed by atoms with E-state index >= 15 is 0 Å². The number of benzene rings is 2. The Balaban J connectivity index is 1.88. The lowest BCUT2D eigenvalue weighted by molar-refractivity contribution is 0.369. The lowest BCUT2D eigenvalue weighted by Gasteiger charge is -2.28. The molecule has 0 amide bonds. The third kappa shape index (κ3) is 3.05.